The van der Waals surface area contributed by atoms with Crippen molar-refractivity contribution < 1.29 is 46.0 Å². The Morgan fingerprint density at radius 1 is 1.13 bits per heavy atom. The Balaban J connectivity index is 1.06. The van der Waals surface area contributed by atoms with E-state index >= 15 is 0 Å². The van der Waals surface area contributed by atoms with Gasteiger partial charge in [0.2, 0.25) is 10.0 Å². The molecular formula is C39H50F2N4O8S2. The number of nitrogens with zero attached hydrogens (tertiary/aromatic N) is 2. The lowest BCUT2D eigenvalue weighted by Gasteiger charge is -2.33. The molecule has 12 nitrogen and oxygen atoms in total. The number of β-amino-alcohol motifs (C(OH)–C–C–N with tert-alkyl or cyclic N) is 1. The molecule has 1 amide bonds. The summed E-state index contributed by atoms with van der Waals surface area (Å²) in [5, 5.41) is 18.8. The Labute approximate surface area is 324 Å². The summed E-state index contributed by atoms with van der Waals surface area (Å²) >= 11 is 1.39. The van der Waals surface area contributed by atoms with Crippen molar-refractivity contribution >= 4 is 42.8 Å². The second-order valence-corrected chi connectivity index (χ2v) is 18.7. The van der Waals surface area contributed by atoms with Crippen LogP contribution in [0.4, 0.5) is 18.7 Å². The molecule has 8 rings (SSSR count). The third-order valence-electron chi connectivity index (χ3n) is 11.8. The van der Waals surface area contributed by atoms with Gasteiger partial charge in [-0.05, 0) is 87.3 Å². The van der Waals surface area contributed by atoms with Crippen LogP contribution in [0.5, 0.6) is 0 Å². The molecule has 4 fully saturated rings. The second kappa shape index (κ2) is 16.1. The van der Waals surface area contributed by atoms with Gasteiger partial charge >= 0.3 is 6.09 Å². The van der Waals surface area contributed by atoms with Crippen molar-refractivity contribution in [3.05, 3.63) is 53.1 Å². The smallest absolute Gasteiger partial charge is 0.408 e. The molecule has 1 saturated heterocycles. The molecule has 7 atom stereocenters. The van der Waals surface area contributed by atoms with E-state index in [0.29, 0.717) is 54.5 Å². The minimum absolute atomic E-state index is 0.00283. The lowest BCUT2D eigenvalue weighted by molar-refractivity contribution is -0.198. The number of benzene rings is 2. The fourth-order valence-electron chi connectivity index (χ4n) is 8.77. The van der Waals surface area contributed by atoms with E-state index < -0.39 is 45.5 Å². The highest BCUT2D eigenvalue weighted by Crippen LogP contribution is 2.67. The Hall–Kier alpha value is -2.99. The Bertz CT molecular complexity index is 1960. The normalized spacial score (nSPS) is 29.2. The lowest BCUT2D eigenvalue weighted by Crippen LogP contribution is -2.51. The quantitative estimate of drug-likeness (QED) is 0.208. The number of anilines is 1. The summed E-state index contributed by atoms with van der Waals surface area (Å²) in [6.45, 7) is 3.12. The number of hydrogen-bond acceptors (Lipinski definition) is 11. The summed E-state index contributed by atoms with van der Waals surface area (Å²) in [5.41, 5.74) is 0.614. The number of thiazole rings is 1. The maximum Gasteiger partial charge on any atom is 0.408 e. The van der Waals surface area contributed by atoms with Crippen LogP contribution in [-0.4, -0.2) is 91.9 Å². The summed E-state index contributed by atoms with van der Waals surface area (Å²) < 4.78 is 84.1. The Morgan fingerprint density at radius 3 is 2.69 bits per heavy atom. The summed E-state index contributed by atoms with van der Waals surface area (Å²) in [5.74, 6) is -1.44. The van der Waals surface area contributed by atoms with Gasteiger partial charge < -0.3 is 34.7 Å². The number of amides is 1. The minimum atomic E-state index is -4.24. The minimum Gasteiger partial charge on any atom is -0.442 e. The number of nitrogens with one attached hydrogen (secondary N) is 2. The van der Waals surface area contributed by atoms with Crippen molar-refractivity contribution in [2.75, 3.05) is 38.2 Å². The highest BCUT2D eigenvalue weighted by molar-refractivity contribution is 7.89. The summed E-state index contributed by atoms with van der Waals surface area (Å²) in [7, 11) is -4.24. The average Bonchev–Trinajstić information content (AvgIpc) is 4.03. The number of hydrogen-bond donors (Lipinski definition) is 3. The van der Waals surface area contributed by atoms with Gasteiger partial charge in [-0.25, -0.2) is 27.0 Å². The predicted molar refractivity (Wildman–Crippen MR) is 201 cm³/mol. The number of rotatable bonds is 11. The fourth-order valence-corrected chi connectivity index (χ4v) is 11.5. The van der Waals surface area contributed by atoms with E-state index in [2.05, 4.69) is 10.6 Å². The van der Waals surface area contributed by atoms with Crippen molar-refractivity contribution in [1.82, 2.24) is 14.6 Å². The van der Waals surface area contributed by atoms with Crippen molar-refractivity contribution in [3.8, 4) is 0 Å². The van der Waals surface area contributed by atoms with Crippen LogP contribution in [0.15, 0.2) is 35.2 Å². The van der Waals surface area contributed by atoms with Gasteiger partial charge in [0, 0.05) is 56.2 Å². The highest BCUT2D eigenvalue weighted by atomic mass is 32.2. The van der Waals surface area contributed by atoms with Gasteiger partial charge in [0.15, 0.2) is 11.4 Å². The molecule has 3 aliphatic carbocycles. The molecule has 3 aromatic rings. The first kappa shape index (κ1) is 38.9. The van der Waals surface area contributed by atoms with Crippen LogP contribution in [0.3, 0.4) is 0 Å². The van der Waals surface area contributed by atoms with Crippen LogP contribution in [0.1, 0.15) is 75.8 Å². The number of halogens is 2. The molecule has 0 radical (unpaired) electrons. The molecule has 0 spiro atoms. The number of aliphatic hydroxyl groups excluding tert-OH is 1. The molecule has 5 aliphatic rings. The summed E-state index contributed by atoms with van der Waals surface area (Å²) in [6.07, 6.45) is 4.82. The lowest BCUT2D eigenvalue weighted by atomic mass is 9.94. The standard InChI is InChI=1S/C39H50F2N4O8S2/c1-2-51-36-29-16-25(22-52-36)39(19-30(29)39)53-38(47)44-31(14-23-12-26(40)17-27(41)13-23)33(46)20-45-10-6-4-3-5-7-11-50-21-24-15-32-34(18-35(24)55(45,48)49)54-37(43-32)42-28-8-9-28/h12-13,15,17-18,25,28-31,33,36,46H,2-11,14,16,19-22H2,1H3,(H,42,43)(H,44,47)/t25?,29?,30?,31-,33+,36?,39+/m0/s1. The van der Waals surface area contributed by atoms with Gasteiger partial charge in [-0.1, -0.05) is 30.6 Å². The van der Waals surface area contributed by atoms with Gasteiger partial charge in [0.25, 0.3) is 0 Å². The SMILES string of the molecule is CCOC1OCC2CC1C1C[C@@]21OC(=O)N[C@@H](Cc1cc(F)cc(F)c1)[C@H](O)CN1CCCCCCCOCc2cc3nc(NC4CC4)sc3cc2S1(=O)=O. The van der Waals surface area contributed by atoms with Crippen LogP contribution in [0.25, 0.3) is 10.2 Å². The van der Waals surface area contributed by atoms with E-state index in [0.717, 1.165) is 68.3 Å². The molecule has 2 bridgehead atoms. The van der Waals surface area contributed by atoms with Crippen molar-refractivity contribution in [2.45, 2.75) is 113 Å². The highest BCUT2D eigenvalue weighted by Gasteiger charge is 2.73. The molecule has 3 N–H and O–H groups in total. The van der Waals surface area contributed by atoms with Gasteiger partial charge in [0.1, 0.15) is 17.2 Å². The molecule has 2 aromatic carbocycles. The van der Waals surface area contributed by atoms with Crippen molar-refractivity contribution in [2.24, 2.45) is 17.8 Å². The second-order valence-electron chi connectivity index (χ2n) is 15.8. The van der Waals surface area contributed by atoms with Gasteiger partial charge in [-0.2, -0.15) is 4.31 Å². The molecule has 1 aromatic heterocycles. The number of sulfonamides is 1. The van der Waals surface area contributed by atoms with E-state index in [4.69, 9.17) is 23.9 Å². The first-order valence-corrected chi connectivity index (χ1v) is 21.9. The Morgan fingerprint density at radius 2 is 1.91 bits per heavy atom. The molecule has 2 aliphatic heterocycles. The van der Waals surface area contributed by atoms with E-state index in [1.165, 1.54) is 15.6 Å². The number of aliphatic hydroxyl groups is 1. The first-order valence-electron chi connectivity index (χ1n) is 19.7. The van der Waals surface area contributed by atoms with Crippen LogP contribution < -0.4 is 10.6 Å². The van der Waals surface area contributed by atoms with Crippen LogP contribution in [0, 0.1) is 29.4 Å². The molecule has 3 saturated carbocycles. The third kappa shape index (κ3) is 8.51. The van der Waals surface area contributed by atoms with Crippen molar-refractivity contribution in [1.29, 1.82) is 0 Å². The van der Waals surface area contributed by atoms with Crippen LogP contribution in [0.2, 0.25) is 0 Å². The zero-order chi connectivity index (χ0) is 38.3. The Kier molecular flexibility index (Phi) is 11.4. The van der Waals surface area contributed by atoms with E-state index in [1.54, 1.807) is 12.1 Å². The molecule has 55 heavy (non-hydrogen) atoms. The van der Waals surface area contributed by atoms with Gasteiger partial charge in [0.05, 0.1) is 40.5 Å². The summed E-state index contributed by atoms with van der Waals surface area (Å²) in [4.78, 5) is 18.5. The van der Waals surface area contributed by atoms with Crippen LogP contribution >= 0.6 is 11.3 Å². The van der Waals surface area contributed by atoms with E-state index in [1.807, 2.05) is 6.92 Å². The number of aromatic nitrogens is 1. The number of carbonyl (C=O) groups is 1. The maximum atomic E-state index is 14.7. The van der Waals surface area contributed by atoms with Crippen molar-refractivity contribution in [3.63, 3.8) is 0 Å². The number of carbonyl (C=O) groups excluding carboxylic acids is 1. The zero-order valence-corrected chi connectivity index (χ0v) is 32.6. The third-order valence-corrected chi connectivity index (χ3v) is 14.7. The molecular weight excluding hydrogens is 755 g/mol. The number of alkyl carbamates (subject to hydrolysis) is 1. The number of ether oxygens (including phenoxy) is 4. The van der Waals surface area contributed by atoms with Gasteiger partial charge in [-0.15, -0.1) is 0 Å². The fraction of sp³-hybridized carbons (Fsp3) is 0.641. The zero-order valence-electron chi connectivity index (χ0n) is 31.0. The van der Waals surface area contributed by atoms with Crippen LogP contribution in [-0.2, 0) is 42.0 Å². The van der Waals surface area contributed by atoms with Gasteiger partial charge in [-0.3, -0.25) is 0 Å². The molecule has 4 unspecified atom stereocenters. The average molecular weight is 805 g/mol. The predicted octanol–water partition coefficient (Wildman–Crippen LogP) is 6.11. The maximum absolute atomic E-state index is 14.7. The largest absolute Gasteiger partial charge is 0.442 e. The van der Waals surface area contributed by atoms with E-state index in [-0.39, 0.29) is 60.6 Å². The number of fused-ring (bicyclic) bond motifs is 7. The molecule has 3 heterocycles. The summed E-state index contributed by atoms with van der Waals surface area (Å²) in [6, 6.07) is 5.65. The first-order chi connectivity index (χ1) is 26.5. The van der Waals surface area contributed by atoms with E-state index in [9.17, 15) is 27.1 Å². The molecule has 16 heteroatoms. The topological polar surface area (TPSA) is 149 Å². The monoisotopic (exact) mass is 804 g/mol. The molecule has 300 valence electrons.